The van der Waals surface area contributed by atoms with Crippen molar-refractivity contribution >= 4 is 6.03 Å². The summed E-state index contributed by atoms with van der Waals surface area (Å²) in [5.74, 6) is 4.35. The van der Waals surface area contributed by atoms with Crippen LogP contribution in [0.4, 0.5) is 4.79 Å². The molecule has 1 heterocycles. The zero-order chi connectivity index (χ0) is 15.8. The summed E-state index contributed by atoms with van der Waals surface area (Å²) < 4.78 is 0. The van der Waals surface area contributed by atoms with Crippen LogP contribution in [0.2, 0.25) is 0 Å². The van der Waals surface area contributed by atoms with E-state index in [9.17, 15) is 4.79 Å². The summed E-state index contributed by atoms with van der Waals surface area (Å²) in [6.07, 6.45) is 9.54. The summed E-state index contributed by atoms with van der Waals surface area (Å²) in [5.41, 5.74) is 0. The van der Waals surface area contributed by atoms with E-state index in [1.165, 1.54) is 58.0 Å². The topological polar surface area (TPSA) is 44.4 Å². The summed E-state index contributed by atoms with van der Waals surface area (Å²) in [6.45, 7) is 6.52. The Labute approximate surface area is 140 Å². The van der Waals surface area contributed by atoms with Gasteiger partial charge in [0.15, 0.2) is 0 Å². The van der Waals surface area contributed by atoms with Gasteiger partial charge in [0, 0.05) is 19.1 Å². The van der Waals surface area contributed by atoms with Gasteiger partial charge >= 0.3 is 6.03 Å². The second-order valence-corrected chi connectivity index (χ2v) is 8.88. The monoisotopic (exact) mass is 319 g/mol. The molecule has 1 saturated heterocycles. The van der Waals surface area contributed by atoms with Gasteiger partial charge < -0.3 is 15.5 Å². The van der Waals surface area contributed by atoms with Crippen LogP contribution in [0.1, 0.15) is 51.9 Å². The van der Waals surface area contributed by atoms with Gasteiger partial charge in [0.05, 0.1) is 0 Å². The molecular weight excluding hydrogens is 286 g/mol. The van der Waals surface area contributed by atoms with Gasteiger partial charge in [-0.3, -0.25) is 0 Å². The third kappa shape index (κ3) is 3.52. The fraction of sp³-hybridized carbons (Fsp3) is 0.947. The molecule has 4 nitrogen and oxygen atoms in total. The van der Waals surface area contributed by atoms with Crippen LogP contribution in [0, 0.1) is 29.6 Å². The van der Waals surface area contributed by atoms with Gasteiger partial charge in [-0.15, -0.1) is 0 Å². The highest BCUT2D eigenvalue weighted by Crippen LogP contribution is 2.53. The van der Waals surface area contributed by atoms with Crippen LogP contribution >= 0.6 is 0 Å². The maximum absolute atomic E-state index is 12.3. The summed E-state index contributed by atoms with van der Waals surface area (Å²) in [5, 5.41) is 6.45. The largest absolute Gasteiger partial charge is 0.337 e. The van der Waals surface area contributed by atoms with Crippen molar-refractivity contribution < 1.29 is 4.79 Å². The van der Waals surface area contributed by atoms with Gasteiger partial charge in [-0.1, -0.05) is 6.92 Å². The first-order chi connectivity index (χ1) is 11.2. The van der Waals surface area contributed by atoms with Crippen LogP contribution in [0.5, 0.6) is 0 Å². The van der Waals surface area contributed by atoms with E-state index >= 15 is 0 Å². The number of urea groups is 1. The van der Waals surface area contributed by atoms with Crippen molar-refractivity contribution in [2.24, 2.45) is 29.6 Å². The van der Waals surface area contributed by atoms with Crippen LogP contribution < -0.4 is 10.6 Å². The molecule has 5 fully saturated rings. The zero-order valence-electron chi connectivity index (χ0n) is 14.6. The van der Waals surface area contributed by atoms with Crippen LogP contribution in [-0.2, 0) is 0 Å². The summed E-state index contributed by atoms with van der Waals surface area (Å²) in [7, 11) is 0. The SMILES string of the molecule is CC1CCN(CCNC(=O)NC2C3CC4CC(C3)CC2C4)CC1. The minimum Gasteiger partial charge on any atom is -0.337 e. The number of piperidine rings is 1. The van der Waals surface area contributed by atoms with E-state index in [0.29, 0.717) is 6.04 Å². The van der Waals surface area contributed by atoms with E-state index in [-0.39, 0.29) is 6.03 Å². The normalized spacial score (nSPS) is 40.3. The molecule has 0 atom stereocenters. The van der Waals surface area contributed by atoms with Crippen LogP contribution in [-0.4, -0.2) is 43.2 Å². The predicted octanol–water partition coefficient (Wildman–Crippen LogP) is 2.84. The van der Waals surface area contributed by atoms with Gasteiger partial charge in [0.1, 0.15) is 0 Å². The summed E-state index contributed by atoms with van der Waals surface area (Å²) in [4.78, 5) is 14.8. The Morgan fingerprint density at radius 2 is 1.61 bits per heavy atom. The number of likely N-dealkylation sites (tertiary alicyclic amines) is 1. The van der Waals surface area contributed by atoms with E-state index in [4.69, 9.17) is 0 Å². The highest BCUT2D eigenvalue weighted by Gasteiger charge is 2.48. The first kappa shape index (κ1) is 15.7. The van der Waals surface area contributed by atoms with Gasteiger partial charge in [0.25, 0.3) is 0 Å². The van der Waals surface area contributed by atoms with Crippen LogP contribution in [0.25, 0.3) is 0 Å². The van der Waals surface area contributed by atoms with Crippen molar-refractivity contribution in [2.45, 2.75) is 57.9 Å². The lowest BCUT2D eigenvalue weighted by Crippen LogP contribution is -2.57. The van der Waals surface area contributed by atoms with Crippen molar-refractivity contribution in [1.29, 1.82) is 0 Å². The van der Waals surface area contributed by atoms with Crippen LogP contribution in [0.15, 0.2) is 0 Å². The summed E-state index contributed by atoms with van der Waals surface area (Å²) in [6, 6.07) is 0.534. The molecule has 4 aliphatic carbocycles. The van der Waals surface area contributed by atoms with E-state index in [2.05, 4.69) is 22.5 Å². The molecule has 0 radical (unpaired) electrons. The standard InChI is InChI=1S/C19H33N3O/c1-13-2-5-22(6-3-13)7-4-20-19(23)21-18-16-9-14-8-15(11-16)12-17(18)10-14/h13-18H,2-12H2,1H3,(H2,20,21,23). The molecule has 2 amide bonds. The quantitative estimate of drug-likeness (QED) is 0.837. The summed E-state index contributed by atoms with van der Waals surface area (Å²) >= 11 is 0. The molecule has 0 spiro atoms. The van der Waals surface area contributed by atoms with Gasteiger partial charge in [-0.25, -0.2) is 4.79 Å². The fourth-order valence-electron chi connectivity index (χ4n) is 5.98. The van der Waals surface area contributed by atoms with Crippen LogP contribution in [0.3, 0.4) is 0 Å². The molecule has 0 aromatic carbocycles. The minimum absolute atomic E-state index is 0.0767. The Morgan fingerprint density at radius 3 is 2.22 bits per heavy atom. The third-order valence-electron chi connectivity index (χ3n) is 7.11. The zero-order valence-corrected chi connectivity index (χ0v) is 14.6. The van der Waals surface area contributed by atoms with E-state index < -0.39 is 0 Å². The second kappa shape index (κ2) is 6.62. The molecule has 1 aliphatic heterocycles. The highest BCUT2D eigenvalue weighted by atomic mass is 16.2. The number of amides is 2. The molecular formula is C19H33N3O. The first-order valence-corrected chi connectivity index (χ1v) is 9.94. The molecule has 4 saturated carbocycles. The van der Waals surface area contributed by atoms with Gasteiger partial charge in [0.2, 0.25) is 0 Å². The fourth-order valence-corrected chi connectivity index (χ4v) is 5.98. The average molecular weight is 319 g/mol. The maximum atomic E-state index is 12.3. The molecule has 5 rings (SSSR count). The number of carbonyl (C=O) groups is 1. The van der Waals surface area contributed by atoms with Crippen molar-refractivity contribution in [3.05, 3.63) is 0 Å². The van der Waals surface area contributed by atoms with Crippen molar-refractivity contribution in [3.63, 3.8) is 0 Å². The molecule has 2 N–H and O–H groups in total. The number of carbonyl (C=O) groups excluding carboxylic acids is 1. The molecule has 0 unspecified atom stereocenters. The first-order valence-electron chi connectivity index (χ1n) is 9.94. The Morgan fingerprint density at radius 1 is 1.00 bits per heavy atom. The number of nitrogens with zero attached hydrogens (tertiary/aromatic N) is 1. The second-order valence-electron chi connectivity index (χ2n) is 8.88. The molecule has 4 bridgehead atoms. The smallest absolute Gasteiger partial charge is 0.315 e. The van der Waals surface area contributed by atoms with Gasteiger partial charge in [-0.05, 0) is 87.6 Å². The van der Waals surface area contributed by atoms with E-state index in [0.717, 1.165) is 42.7 Å². The lowest BCUT2D eigenvalue weighted by atomic mass is 9.54. The molecule has 0 aromatic heterocycles. The number of rotatable bonds is 4. The Bertz CT molecular complexity index is 402. The number of hydrogen-bond acceptors (Lipinski definition) is 2. The molecule has 5 aliphatic rings. The highest BCUT2D eigenvalue weighted by molar-refractivity contribution is 5.74. The average Bonchev–Trinajstić information content (AvgIpc) is 2.52. The third-order valence-corrected chi connectivity index (χ3v) is 7.11. The molecule has 4 heteroatoms. The molecule has 130 valence electrons. The predicted molar refractivity (Wildman–Crippen MR) is 92.2 cm³/mol. The lowest BCUT2D eigenvalue weighted by molar-refractivity contribution is -0.00942. The van der Waals surface area contributed by atoms with Crippen molar-refractivity contribution in [1.82, 2.24) is 15.5 Å². The lowest BCUT2D eigenvalue weighted by Gasteiger charge is -2.54. The number of nitrogens with one attached hydrogen (secondary N) is 2. The Balaban J connectivity index is 1.19. The Hall–Kier alpha value is -0.770. The van der Waals surface area contributed by atoms with E-state index in [1.54, 1.807) is 0 Å². The van der Waals surface area contributed by atoms with Crippen molar-refractivity contribution in [3.8, 4) is 0 Å². The van der Waals surface area contributed by atoms with Gasteiger partial charge in [-0.2, -0.15) is 0 Å². The Kier molecular flexibility index (Phi) is 4.53. The molecule has 0 aromatic rings. The number of hydrogen-bond donors (Lipinski definition) is 2. The van der Waals surface area contributed by atoms with E-state index in [1.807, 2.05) is 0 Å². The van der Waals surface area contributed by atoms with Crippen molar-refractivity contribution in [2.75, 3.05) is 26.2 Å². The molecule has 23 heavy (non-hydrogen) atoms. The minimum atomic E-state index is 0.0767. The maximum Gasteiger partial charge on any atom is 0.315 e.